The summed E-state index contributed by atoms with van der Waals surface area (Å²) in [5.74, 6) is -0.162. The maximum atomic E-state index is 12.3. The highest BCUT2D eigenvalue weighted by Crippen LogP contribution is 2.15. The third-order valence-electron chi connectivity index (χ3n) is 5.01. The van der Waals surface area contributed by atoms with Crippen molar-refractivity contribution < 1.29 is 13.2 Å². The van der Waals surface area contributed by atoms with Crippen LogP contribution in [-0.2, 0) is 21.4 Å². The summed E-state index contributed by atoms with van der Waals surface area (Å²) in [7, 11) is -3.60. The van der Waals surface area contributed by atoms with Crippen LogP contribution in [0.15, 0.2) is 59.6 Å². The van der Waals surface area contributed by atoms with Crippen LogP contribution in [0.4, 0.5) is 0 Å². The van der Waals surface area contributed by atoms with Crippen LogP contribution in [-0.4, -0.2) is 32.0 Å². The summed E-state index contributed by atoms with van der Waals surface area (Å²) in [6.07, 6.45) is 2.96. The first kappa shape index (κ1) is 21.1. The fourth-order valence-electron chi connectivity index (χ4n) is 3.16. The van der Waals surface area contributed by atoms with E-state index in [1.165, 1.54) is 10.9 Å². The van der Waals surface area contributed by atoms with E-state index in [9.17, 15) is 13.2 Å². The first-order valence-electron chi connectivity index (χ1n) is 9.74. The van der Waals surface area contributed by atoms with Crippen LogP contribution in [0.3, 0.4) is 0 Å². The van der Waals surface area contributed by atoms with Crippen molar-refractivity contribution in [2.75, 3.05) is 13.1 Å². The van der Waals surface area contributed by atoms with Crippen molar-refractivity contribution in [3.05, 3.63) is 65.9 Å². The number of carbonyl (C=O) groups is 1. The molecule has 154 valence electrons. The Bertz CT molecular complexity index is 1100. The first-order chi connectivity index (χ1) is 13.9. The van der Waals surface area contributed by atoms with Crippen molar-refractivity contribution in [3.8, 4) is 0 Å². The molecule has 0 unspecified atom stereocenters. The molecule has 0 saturated carbocycles. The Labute approximate surface area is 172 Å². The van der Waals surface area contributed by atoms with E-state index in [-0.39, 0.29) is 23.8 Å². The molecule has 6 nitrogen and oxygen atoms in total. The van der Waals surface area contributed by atoms with Crippen molar-refractivity contribution >= 4 is 26.8 Å². The molecule has 0 saturated heterocycles. The number of nitrogens with zero attached hydrogens (tertiary/aromatic N) is 1. The van der Waals surface area contributed by atoms with Crippen molar-refractivity contribution in [2.24, 2.45) is 0 Å². The number of aromatic nitrogens is 1. The van der Waals surface area contributed by atoms with Crippen LogP contribution < -0.4 is 10.0 Å². The second-order valence-corrected chi connectivity index (χ2v) is 8.93. The topological polar surface area (TPSA) is 80.2 Å². The molecular weight excluding hydrogens is 386 g/mol. The molecule has 0 aliphatic heterocycles. The van der Waals surface area contributed by atoms with E-state index in [4.69, 9.17) is 0 Å². The predicted molar refractivity (Wildman–Crippen MR) is 115 cm³/mol. The summed E-state index contributed by atoms with van der Waals surface area (Å²) < 4.78 is 29.3. The van der Waals surface area contributed by atoms with E-state index in [0.29, 0.717) is 6.54 Å². The number of aryl methyl sites for hydroxylation is 3. The fraction of sp³-hybridized carbons (Fsp3) is 0.318. The molecule has 1 aromatic heterocycles. The van der Waals surface area contributed by atoms with Crippen LogP contribution in [0.5, 0.6) is 0 Å². The van der Waals surface area contributed by atoms with Crippen molar-refractivity contribution in [1.29, 1.82) is 0 Å². The fourth-order valence-corrected chi connectivity index (χ4v) is 4.28. The Morgan fingerprint density at radius 2 is 1.79 bits per heavy atom. The minimum atomic E-state index is -3.60. The van der Waals surface area contributed by atoms with E-state index in [1.807, 2.05) is 32.2 Å². The molecule has 1 heterocycles. The molecule has 3 aromatic rings. The van der Waals surface area contributed by atoms with Crippen LogP contribution in [0.25, 0.3) is 10.9 Å². The van der Waals surface area contributed by atoms with Gasteiger partial charge in [0.25, 0.3) is 0 Å². The Hall–Kier alpha value is -2.64. The molecule has 1 amide bonds. The van der Waals surface area contributed by atoms with Gasteiger partial charge in [-0.15, -0.1) is 0 Å². The minimum absolute atomic E-state index is 0.0727. The quantitative estimate of drug-likeness (QED) is 0.529. The summed E-state index contributed by atoms with van der Waals surface area (Å²) in [6, 6.07) is 15.3. The average molecular weight is 414 g/mol. The van der Waals surface area contributed by atoms with Gasteiger partial charge in [0.1, 0.15) is 0 Å². The Balaban J connectivity index is 1.39. The number of amides is 1. The maximum Gasteiger partial charge on any atom is 0.240 e. The highest BCUT2D eigenvalue weighted by atomic mass is 32.2. The first-order valence-corrected chi connectivity index (χ1v) is 11.2. The molecule has 2 N–H and O–H groups in total. The third kappa shape index (κ3) is 5.46. The lowest BCUT2D eigenvalue weighted by atomic mass is 10.1. The van der Waals surface area contributed by atoms with Crippen LogP contribution in [0.2, 0.25) is 0 Å². The second kappa shape index (κ2) is 9.24. The number of hydrogen-bond donors (Lipinski definition) is 2. The van der Waals surface area contributed by atoms with Gasteiger partial charge in [-0.05, 0) is 61.0 Å². The van der Waals surface area contributed by atoms with Gasteiger partial charge in [0.15, 0.2) is 0 Å². The van der Waals surface area contributed by atoms with Gasteiger partial charge >= 0.3 is 0 Å². The van der Waals surface area contributed by atoms with Crippen LogP contribution in [0.1, 0.15) is 24.0 Å². The standard InChI is InChI=1S/C22H27N3O3S/c1-17-8-9-20(16-18(17)2)29(27,28)24-13-10-22(26)23-12-5-14-25-15-11-19-6-3-4-7-21(19)25/h3-4,6-9,11,15-16,24H,5,10,12-14H2,1-2H3,(H,23,26). The number of sulfonamides is 1. The zero-order chi connectivity index (χ0) is 20.9. The van der Waals surface area contributed by atoms with Gasteiger partial charge in [-0.25, -0.2) is 13.1 Å². The van der Waals surface area contributed by atoms with Crippen molar-refractivity contribution in [3.63, 3.8) is 0 Å². The monoisotopic (exact) mass is 413 g/mol. The van der Waals surface area contributed by atoms with E-state index < -0.39 is 10.0 Å². The summed E-state index contributed by atoms with van der Waals surface area (Å²) >= 11 is 0. The van der Waals surface area contributed by atoms with Gasteiger partial charge in [-0.3, -0.25) is 4.79 Å². The number of carbonyl (C=O) groups excluding carboxylic acids is 1. The highest BCUT2D eigenvalue weighted by Gasteiger charge is 2.14. The maximum absolute atomic E-state index is 12.3. The van der Waals surface area contributed by atoms with E-state index in [2.05, 4.69) is 32.8 Å². The molecule has 0 bridgehead atoms. The minimum Gasteiger partial charge on any atom is -0.356 e. The number of rotatable bonds is 9. The predicted octanol–water partition coefficient (Wildman–Crippen LogP) is 3.13. The van der Waals surface area contributed by atoms with Crippen molar-refractivity contribution in [2.45, 2.75) is 38.1 Å². The van der Waals surface area contributed by atoms with Gasteiger partial charge in [0.2, 0.25) is 15.9 Å². The van der Waals surface area contributed by atoms with E-state index >= 15 is 0 Å². The summed E-state index contributed by atoms with van der Waals surface area (Å²) in [4.78, 5) is 12.2. The zero-order valence-corrected chi connectivity index (χ0v) is 17.6. The van der Waals surface area contributed by atoms with Gasteiger partial charge in [0.05, 0.1) is 4.90 Å². The molecule has 3 rings (SSSR count). The van der Waals surface area contributed by atoms with Gasteiger partial charge < -0.3 is 9.88 Å². The van der Waals surface area contributed by atoms with Gasteiger partial charge in [-0.1, -0.05) is 24.3 Å². The highest BCUT2D eigenvalue weighted by molar-refractivity contribution is 7.89. The lowest BCUT2D eigenvalue weighted by Gasteiger charge is -2.10. The lowest BCUT2D eigenvalue weighted by Crippen LogP contribution is -2.31. The van der Waals surface area contributed by atoms with E-state index in [0.717, 1.165) is 24.1 Å². The van der Waals surface area contributed by atoms with Gasteiger partial charge in [-0.2, -0.15) is 0 Å². The Kier molecular flexibility index (Phi) is 6.71. The number of fused-ring (bicyclic) bond motifs is 1. The van der Waals surface area contributed by atoms with Crippen LogP contribution >= 0.6 is 0 Å². The molecule has 0 atom stereocenters. The number of para-hydroxylation sites is 1. The number of benzene rings is 2. The number of hydrogen-bond acceptors (Lipinski definition) is 3. The Morgan fingerprint density at radius 3 is 2.59 bits per heavy atom. The number of nitrogens with one attached hydrogen (secondary N) is 2. The zero-order valence-electron chi connectivity index (χ0n) is 16.8. The summed E-state index contributed by atoms with van der Waals surface area (Å²) in [5, 5.41) is 4.05. The average Bonchev–Trinajstić information content (AvgIpc) is 3.10. The van der Waals surface area contributed by atoms with E-state index in [1.54, 1.807) is 18.2 Å². The molecule has 2 aromatic carbocycles. The molecule has 0 radical (unpaired) electrons. The molecule has 7 heteroatoms. The SMILES string of the molecule is Cc1ccc(S(=O)(=O)NCCC(=O)NCCCn2ccc3ccccc32)cc1C. The Morgan fingerprint density at radius 1 is 1.00 bits per heavy atom. The molecule has 0 fully saturated rings. The normalized spacial score (nSPS) is 11.7. The second-order valence-electron chi connectivity index (χ2n) is 7.17. The molecular formula is C22H27N3O3S. The largest absolute Gasteiger partial charge is 0.356 e. The summed E-state index contributed by atoms with van der Waals surface area (Å²) in [5.41, 5.74) is 3.14. The third-order valence-corrected chi connectivity index (χ3v) is 6.47. The lowest BCUT2D eigenvalue weighted by molar-refractivity contribution is -0.120. The van der Waals surface area contributed by atoms with Gasteiger partial charge in [0, 0.05) is 37.8 Å². The smallest absolute Gasteiger partial charge is 0.240 e. The van der Waals surface area contributed by atoms with Crippen LogP contribution in [0, 0.1) is 13.8 Å². The molecule has 0 aliphatic carbocycles. The summed E-state index contributed by atoms with van der Waals surface area (Å²) in [6.45, 7) is 5.24. The van der Waals surface area contributed by atoms with Crippen molar-refractivity contribution in [1.82, 2.24) is 14.6 Å². The molecule has 29 heavy (non-hydrogen) atoms. The molecule has 0 spiro atoms. The molecule has 0 aliphatic rings.